The van der Waals surface area contributed by atoms with Crippen molar-refractivity contribution < 1.29 is 9.15 Å². The van der Waals surface area contributed by atoms with Gasteiger partial charge in [-0.05, 0) is 37.3 Å². The maximum Gasteiger partial charge on any atom is 0.138 e. The van der Waals surface area contributed by atoms with Gasteiger partial charge in [0, 0.05) is 30.2 Å². The number of nitrogens with zero attached hydrogens (tertiary/aromatic N) is 2. The number of ether oxygens (including phenoxy) is 1. The van der Waals surface area contributed by atoms with Crippen LogP contribution in [0.4, 0.5) is 0 Å². The second kappa shape index (κ2) is 6.07. The van der Waals surface area contributed by atoms with Gasteiger partial charge in [-0.15, -0.1) is 0 Å². The van der Waals surface area contributed by atoms with Crippen molar-refractivity contribution in [3.63, 3.8) is 0 Å². The highest BCUT2D eigenvalue weighted by Crippen LogP contribution is 2.29. The Balaban J connectivity index is 1.54. The molecular formula is C19H20N2O2. The fourth-order valence-electron chi connectivity index (χ4n) is 3.01. The van der Waals surface area contributed by atoms with E-state index in [1.54, 1.807) is 6.26 Å². The first-order chi connectivity index (χ1) is 11.3. The minimum absolute atomic E-state index is 0.00759. The van der Waals surface area contributed by atoms with Crippen molar-refractivity contribution in [1.82, 2.24) is 9.47 Å². The molecule has 2 aromatic heterocycles. The molecule has 23 heavy (non-hydrogen) atoms. The minimum atomic E-state index is -0.00759. The molecule has 0 radical (unpaired) electrons. The third kappa shape index (κ3) is 2.96. The number of hydrogen-bond acceptors (Lipinski definition) is 3. The lowest BCUT2D eigenvalue weighted by Crippen LogP contribution is -2.22. The summed E-state index contributed by atoms with van der Waals surface area (Å²) in [4.78, 5) is 2.30. The molecule has 0 N–H and O–H groups in total. The zero-order valence-electron chi connectivity index (χ0n) is 13.2. The van der Waals surface area contributed by atoms with Crippen LogP contribution in [0.1, 0.15) is 23.1 Å². The zero-order chi connectivity index (χ0) is 15.6. The zero-order valence-corrected chi connectivity index (χ0v) is 13.2. The van der Waals surface area contributed by atoms with E-state index in [2.05, 4.69) is 59.1 Å². The van der Waals surface area contributed by atoms with E-state index in [0.29, 0.717) is 0 Å². The van der Waals surface area contributed by atoms with Crippen molar-refractivity contribution in [2.24, 2.45) is 0 Å². The summed E-state index contributed by atoms with van der Waals surface area (Å²) in [5.41, 5.74) is 3.61. The summed E-state index contributed by atoms with van der Waals surface area (Å²) in [6.07, 6.45) is 5.95. The number of rotatable bonds is 4. The van der Waals surface area contributed by atoms with Crippen molar-refractivity contribution in [1.29, 1.82) is 0 Å². The Morgan fingerprint density at radius 3 is 2.78 bits per heavy atom. The molecule has 0 amide bonds. The summed E-state index contributed by atoms with van der Waals surface area (Å²) in [5.74, 6) is 0.971. The summed E-state index contributed by atoms with van der Waals surface area (Å²) in [5, 5.41) is 0. The lowest BCUT2D eigenvalue weighted by Gasteiger charge is -2.21. The molecule has 1 fully saturated rings. The molecule has 0 spiro atoms. The molecule has 0 aliphatic carbocycles. The van der Waals surface area contributed by atoms with E-state index in [0.717, 1.165) is 31.1 Å². The van der Waals surface area contributed by atoms with Crippen LogP contribution in [0.3, 0.4) is 0 Å². The Morgan fingerprint density at radius 1 is 1.13 bits per heavy atom. The average Bonchev–Trinajstić information content (AvgIpc) is 3.29. The van der Waals surface area contributed by atoms with E-state index >= 15 is 0 Å². The lowest BCUT2D eigenvalue weighted by molar-refractivity contribution is 0.0258. The number of hydrogen-bond donors (Lipinski definition) is 0. The number of aromatic nitrogens is 1. The number of aryl methyl sites for hydroxylation is 1. The Morgan fingerprint density at radius 2 is 2.00 bits per heavy atom. The van der Waals surface area contributed by atoms with E-state index < -0.39 is 0 Å². The molecule has 0 bridgehead atoms. The highest BCUT2D eigenvalue weighted by molar-refractivity contribution is 5.36. The van der Waals surface area contributed by atoms with Crippen LogP contribution in [0.5, 0.6) is 0 Å². The van der Waals surface area contributed by atoms with Crippen LogP contribution < -0.4 is 0 Å². The van der Waals surface area contributed by atoms with Crippen LogP contribution in [-0.4, -0.2) is 22.6 Å². The monoisotopic (exact) mass is 308 g/mol. The van der Waals surface area contributed by atoms with Gasteiger partial charge in [0.1, 0.15) is 12.0 Å². The molecule has 1 aromatic carbocycles. The third-order valence-corrected chi connectivity index (χ3v) is 4.26. The first-order valence-corrected chi connectivity index (χ1v) is 7.92. The standard InChI is InChI=1S/C19H20N2O2/c1-15-4-6-17(7-5-15)20-9-8-16(13-20)19-21(10-12-23-19)14-18-3-2-11-22-18/h2-9,11,13,19H,10,12,14H2,1H3/t19-/m1/s1. The maximum absolute atomic E-state index is 5.94. The Hall–Kier alpha value is -2.30. The van der Waals surface area contributed by atoms with Gasteiger partial charge in [-0.3, -0.25) is 4.90 Å². The maximum atomic E-state index is 5.94. The van der Waals surface area contributed by atoms with Crippen molar-refractivity contribution in [2.75, 3.05) is 13.2 Å². The molecule has 1 aliphatic heterocycles. The number of furan rings is 1. The molecule has 1 saturated heterocycles. The fraction of sp³-hybridized carbons (Fsp3) is 0.263. The normalized spacial score (nSPS) is 18.6. The fourth-order valence-corrected chi connectivity index (χ4v) is 3.01. The van der Waals surface area contributed by atoms with Crippen LogP contribution in [0.15, 0.2) is 65.5 Å². The molecule has 4 heteroatoms. The van der Waals surface area contributed by atoms with Gasteiger partial charge in [-0.25, -0.2) is 0 Å². The minimum Gasteiger partial charge on any atom is -0.468 e. The van der Waals surface area contributed by atoms with E-state index in [4.69, 9.17) is 9.15 Å². The van der Waals surface area contributed by atoms with E-state index in [9.17, 15) is 0 Å². The smallest absolute Gasteiger partial charge is 0.138 e. The predicted octanol–water partition coefficient (Wildman–Crippen LogP) is 3.91. The molecule has 1 atom stereocenters. The third-order valence-electron chi connectivity index (χ3n) is 4.26. The first kappa shape index (κ1) is 14.3. The van der Waals surface area contributed by atoms with Gasteiger partial charge in [0.25, 0.3) is 0 Å². The van der Waals surface area contributed by atoms with E-state index in [-0.39, 0.29) is 6.23 Å². The summed E-state index contributed by atoms with van der Waals surface area (Å²) >= 11 is 0. The Kier molecular flexibility index (Phi) is 3.77. The van der Waals surface area contributed by atoms with Gasteiger partial charge in [0.05, 0.1) is 19.4 Å². The summed E-state index contributed by atoms with van der Waals surface area (Å²) in [6.45, 7) is 4.54. The lowest BCUT2D eigenvalue weighted by atomic mass is 10.2. The summed E-state index contributed by atoms with van der Waals surface area (Å²) in [6, 6.07) is 14.6. The van der Waals surface area contributed by atoms with Gasteiger partial charge in [0.15, 0.2) is 0 Å². The van der Waals surface area contributed by atoms with Crippen molar-refractivity contribution in [2.45, 2.75) is 19.7 Å². The average molecular weight is 308 g/mol. The molecule has 3 aromatic rings. The molecule has 0 saturated carbocycles. The Bertz CT molecular complexity index is 759. The SMILES string of the molecule is Cc1ccc(-n2ccc([C@H]3OCCN3Cc3ccco3)c2)cc1. The summed E-state index contributed by atoms with van der Waals surface area (Å²) < 4.78 is 13.5. The van der Waals surface area contributed by atoms with Crippen LogP contribution in [-0.2, 0) is 11.3 Å². The highest BCUT2D eigenvalue weighted by Gasteiger charge is 2.28. The summed E-state index contributed by atoms with van der Waals surface area (Å²) in [7, 11) is 0. The molecule has 0 unspecified atom stereocenters. The van der Waals surface area contributed by atoms with Gasteiger partial charge in [0.2, 0.25) is 0 Å². The molecule has 4 nitrogen and oxygen atoms in total. The quantitative estimate of drug-likeness (QED) is 0.732. The second-order valence-corrected chi connectivity index (χ2v) is 5.96. The largest absolute Gasteiger partial charge is 0.468 e. The van der Waals surface area contributed by atoms with Crippen molar-refractivity contribution >= 4 is 0 Å². The molecule has 4 rings (SSSR count). The molecule has 1 aliphatic rings. The van der Waals surface area contributed by atoms with Crippen molar-refractivity contribution in [3.8, 4) is 5.69 Å². The highest BCUT2D eigenvalue weighted by atomic mass is 16.5. The molecule has 3 heterocycles. The topological polar surface area (TPSA) is 30.5 Å². The van der Waals surface area contributed by atoms with Crippen LogP contribution in [0.2, 0.25) is 0 Å². The van der Waals surface area contributed by atoms with Gasteiger partial charge >= 0.3 is 0 Å². The number of benzene rings is 1. The first-order valence-electron chi connectivity index (χ1n) is 7.92. The van der Waals surface area contributed by atoms with Gasteiger partial charge in [-0.2, -0.15) is 0 Å². The Labute approximate surface area is 135 Å². The van der Waals surface area contributed by atoms with E-state index in [1.165, 1.54) is 11.1 Å². The van der Waals surface area contributed by atoms with Gasteiger partial charge in [-0.1, -0.05) is 17.7 Å². The van der Waals surface area contributed by atoms with Crippen LogP contribution >= 0.6 is 0 Å². The van der Waals surface area contributed by atoms with Crippen LogP contribution in [0.25, 0.3) is 5.69 Å². The molecular weight excluding hydrogens is 288 g/mol. The van der Waals surface area contributed by atoms with E-state index in [1.807, 2.05) is 12.1 Å². The van der Waals surface area contributed by atoms with Gasteiger partial charge < -0.3 is 13.7 Å². The van der Waals surface area contributed by atoms with Crippen molar-refractivity contribution in [3.05, 3.63) is 78.0 Å². The molecule has 118 valence electrons. The second-order valence-electron chi connectivity index (χ2n) is 5.96. The predicted molar refractivity (Wildman–Crippen MR) is 88.3 cm³/mol. The van der Waals surface area contributed by atoms with Crippen LogP contribution in [0, 0.1) is 6.92 Å².